The van der Waals surface area contributed by atoms with Gasteiger partial charge in [0.25, 0.3) is 0 Å². The molecule has 0 spiro atoms. The second kappa shape index (κ2) is 11.4. The van der Waals surface area contributed by atoms with Gasteiger partial charge in [-0.15, -0.1) is 12.4 Å². The summed E-state index contributed by atoms with van der Waals surface area (Å²) in [4.78, 5) is 25.4. The molecule has 1 heterocycles. The number of amides is 1. The van der Waals surface area contributed by atoms with E-state index in [1.165, 1.54) is 0 Å². The Morgan fingerprint density at radius 1 is 1.10 bits per heavy atom. The molecule has 0 bridgehead atoms. The number of benzene rings is 2. The molecule has 2 aromatic rings. The second-order valence-electron chi connectivity index (χ2n) is 6.85. The number of carbonyl (C=O) groups is 2. The Kier molecular flexibility index (Phi) is 8.96. The van der Waals surface area contributed by atoms with Crippen molar-refractivity contribution in [3.63, 3.8) is 0 Å². The van der Waals surface area contributed by atoms with Crippen LogP contribution in [-0.4, -0.2) is 49.1 Å². The third-order valence-corrected chi connectivity index (χ3v) is 4.71. The Morgan fingerprint density at radius 2 is 1.83 bits per heavy atom. The van der Waals surface area contributed by atoms with Crippen LogP contribution in [0.3, 0.4) is 0 Å². The highest BCUT2D eigenvalue weighted by Crippen LogP contribution is 2.14. The highest BCUT2D eigenvalue weighted by Gasteiger charge is 2.24. The van der Waals surface area contributed by atoms with E-state index in [1.807, 2.05) is 30.3 Å². The summed E-state index contributed by atoms with van der Waals surface area (Å²) in [5, 5.41) is 3.41. The second-order valence-corrected chi connectivity index (χ2v) is 6.85. The van der Waals surface area contributed by atoms with E-state index in [4.69, 9.17) is 9.47 Å². The minimum Gasteiger partial charge on any atom is -0.494 e. The molecule has 0 radical (unpaired) electrons. The highest BCUT2D eigenvalue weighted by atomic mass is 35.5. The van der Waals surface area contributed by atoms with E-state index >= 15 is 0 Å². The quantitative estimate of drug-likeness (QED) is 0.694. The normalized spacial score (nSPS) is 15.9. The van der Waals surface area contributed by atoms with Crippen LogP contribution < -0.4 is 10.1 Å². The predicted molar refractivity (Wildman–Crippen MR) is 114 cm³/mol. The molecule has 1 fully saturated rings. The monoisotopic (exact) mass is 418 g/mol. The molecule has 0 unspecified atom stereocenters. The first-order chi connectivity index (χ1) is 13.6. The lowest BCUT2D eigenvalue weighted by Gasteiger charge is -2.33. The Hall–Kier alpha value is -2.57. The van der Waals surface area contributed by atoms with Crippen molar-refractivity contribution in [2.45, 2.75) is 26.0 Å². The molecule has 2 aromatic carbocycles. The Morgan fingerprint density at radius 3 is 2.52 bits per heavy atom. The highest BCUT2D eigenvalue weighted by molar-refractivity contribution is 5.94. The molecule has 1 amide bonds. The zero-order valence-electron chi connectivity index (χ0n) is 16.5. The van der Waals surface area contributed by atoms with E-state index in [0.717, 1.165) is 24.3 Å². The van der Waals surface area contributed by atoms with E-state index in [0.29, 0.717) is 25.3 Å². The third kappa shape index (κ3) is 7.07. The number of hydrogen-bond acceptors (Lipinski definition) is 5. The summed E-state index contributed by atoms with van der Waals surface area (Å²) in [5.41, 5.74) is 1.65. The number of rotatable bonds is 7. The summed E-state index contributed by atoms with van der Waals surface area (Å²) >= 11 is 0. The predicted octanol–water partition coefficient (Wildman–Crippen LogP) is 3.69. The summed E-state index contributed by atoms with van der Waals surface area (Å²) in [6.07, 6.45) is 0.493. The van der Waals surface area contributed by atoms with E-state index in [-0.39, 0.29) is 36.9 Å². The van der Waals surface area contributed by atoms with Crippen molar-refractivity contribution in [2.75, 3.05) is 26.2 Å². The van der Waals surface area contributed by atoms with Crippen LogP contribution in [0.25, 0.3) is 0 Å². The van der Waals surface area contributed by atoms with Gasteiger partial charge in [0.2, 0.25) is 0 Å². The van der Waals surface area contributed by atoms with E-state index in [9.17, 15) is 9.59 Å². The van der Waals surface area contributed by atoms with Gasteiger partial charge in [-0.25, -0.2) is 4.79 Å². The minimum absolute atomic E-state index is 0. The Labute approximate surface area is 177 Å². The van der Waals surface area contributed by atoms with Crippen LogP contribution in [0.5, 0.6) is 5.75 Å². The maximum atomic E-state index is 12.3. The fourth-order valence-electron chi connectivity index (χ4n) is 3.10. The van der Waals surface area contributed by atoms with Gasteiger partial charge < -0.3 is 19.7 Å². The molecular weight excluding hydrogens is 392 g/mol. The number of Topliss-reactive ketones (excluding diaryl/α,β-unsaturated/α-hetero) is 1. The van der Waals surface area contributed by atoms with Gasteiger partial charge in [-0.2, -0.15) is 0 Å². The van der Waals surface area contributed by atoms with Crippen molar-refractivity contribution >= 4 is 24.3 Å². The van der Waals surface area contributed by atoms with Gasteiger partial charge in [0.1, 0.15) is 12.4 Å². The van der Waals surface area contributed by atoms with E-state index in [2.05, 4.69) is 5.32 Å². The smallest absolute Gasteiger partial charge is 0.410 e. The molecule has 7 heteroatoms. The molecule has 6 nitrogen and oxygen atoms in total. The van der Waals surface area contributed by atoms with Crippen molar-refractivity contribution in [1.82, 2.24) is 10.2 Å². The number of ether oxygens (including phenoxy) is 2. The van der Waals surface area contributed by atoms with Gasteiger partial charge >= 0.3 is 6.09 Å². The largest absolute Gasteiger partial charge is 0.494 e. The van der Waals surface area contributed by atoms with Gasteiger partial charge in [-0.3, -0.25) is 4.79 Å². The molecule has 3 rings (SSSR count). The molecule has 0 aliphatic carbocycles. The molecule has 1 atom stereocenters. The van der Waals surface area contributed by atoms with Gasteiger partial charge in [-0.05, 0) is 43.2 Å². The molecule has 29 heavy (non-hydrogen) atoms. The number of piperazine rings is 1. The van der Waals surface area contributed by atoms with Crippen LogP contribution in [0.1, 0.15) is 29.3 Å². The van der Waals surface area contributed by atoms with Crippen molar-refractivity contribution in [1.29, 1.82) is 0 Å². The van der Waals surface area contributed by atoms with Crippen LogP contribution >= 0.6 is 12.4 Å². The molecule has 1 N–H and O–H groups in total. The number of carbonyl (C=O) groups excluding carboxylic acids is 2. The molecule has 156 valence electrons. The van der Waals surface area contributed by atoms with Gasteiger partial charge in [-0.1, -0.05) is 30.3 Å². The molecule has 1 aliphatic heterocycles. The zero-order chi connectivity index (χ0) is 19.8. The van der Waals surface area contributed by atoms with E-state index in [1.54, 1.807) is 36.1 Å². The van der Waals surface area contributed by atoms with E-state index < -0.39 is 0 Å². The SMILES string of the molecule is CC(=O)c1ccc(OCC[C@@H]2CN(C(=O)OCc3ccccc3)CCN2)cc1.Cl. The summed E-state index contributed by atoms with van der Waals surface area (Å²) in [5.74, 6) is 0.775. The van der Waals surface area contributed by atoms with Gasteiger partial charge in [0.15, 0.2) is 5.78 Å². The van der Waals surface area contributed by atoms with Crippen molar-refractivity contribution in [3.8, 4) is 5.75 Å². The van der Waals surface area contributed by atoms with Gasteiger partial charge in [0, 0.05) is 31.2 Å². The van der Waals surface area contributed by atoms with Crippen LogP contribution in [0.4, 0.5) is 4.79 Å². The van der Waals surface area contributed by atoms with Crippen LogP contribution in [-0.2, 0) is 11.3 Å². The van der Waals surface area contributed by atoms with Crippen LogP contribution in [0.15, 0.2) is 54.6 Å². The minimum atomic E-state index is -0.281. The van der Waals surface area contributed by atoms with Gasteiger partial charge in [0.05, 0.1) is 6.61 Å². The average molecular weight is 419 g/mol. The first-order valence-electron chi connectivity index (χ1n) is 9.54. The summed E-state index contributed by atoms with van der Waals surface area (Å²) in [6.45, 7) is 4.33. The lowest BCUT2D eigenvalue weighted by molar-refractivity contribution is 0.0827. The maximum absolute atomic E-state index is 12.3. The maximum Gasteiger partial charge on any atom is 0.410 e. The van der Waals surface area contributed by atoms with Crippen molar-refractivity contribution in [3.05, 3.63) is 65.7 Å². The number of hydrogen-bond donors (Lipinski definition) is 1. The zero-order valence-corrected chi connectivity index (χ0v) is 17.3. The first-order valence-corrected chi connectivity index (χ1v) is 9.54. The summed E-state index contributed by atoms with van der Waals surface area (Å²) in [7, 11) is 0. The molecule has 1 saturated heterocycles. The summed E-state index contributed by atoms with van der Waals surface area (Å²) in [6, 6.07) is 17.0. The topological polar surface area (TPSA) is 67.9 Å². The Balaban J connectivity index is 0.00000300. The van der Waals surface area contributed by atoms with Crippen LogP contribution in [0, 0.1) is 0 Å². The standard InChI is InChI=1S/C22H26N2O4.ClH/c1-17(25)19-7-9-21(10-8-19)27-14-11-20-15-24(13-12-23-20)22(26)28-16-18-5-3-2-4-6-18;/h2-10,20,23H,11-16H2,1H3;1H/t20-;/m1./s1. The van der Waals surface area contributed by atoms with Crippen molar-refractivity contribution < 1.29 is 19.1 Å². The lowest BCUT2D eigenvalue weighted by atomic mass is 10.1. The fraction of sp³-hybridized carbons (Fsp3) is 0.364. The number of nitrogens with zero attached hydrogens (tertiary/aromatic N) is 1. The number of halogens is 1. The molecule has 0 saturated carbocycles. The summed E-state index contributed by atoms with van der Waals surface area (Å²) < 4.78 is 11.2. The molecule has 0 aromatic heterocycles. The first kappa shape index (κ1) is 22.7. The lowest BCUT2D eigenvalue weighted by Crippen LogP contribution is -2.53. The Bertz CT molecular complexity index is 783. The number of nitrogens with one attached hydrogen (secondary N) is 1. The fourth-order valence-corrected chi connectivity index (χ4v) is 3.10. The molecule has 1 aliphatic rings. The molecular formula is C22H27ClN2O4. The third-order valence-electron chi connectivity index (χ3n) is 4.71. The van der Waals surface area contributed by atoms with Crippen LogP contribution in [0.2, 0.25) is 0 Å². The average Bonchev–Trinajstić information content (AvgIpc) is 2.73. The number of ketones is 1. The van der Waals surface area contributed by atoms with Crippen molar-refractivity contribution in [2.24, 2.45) is 0 Å².